The molecule has 2 aromatic carbocycles. The molecule has 0 fully saturated rings. The third-order valence-electron chi connectivity index (χ3n) is 4.11. The maximum atomic E-state index is 12.2. The lowest BCUT2D eigenvalue weighted by Crippen LogP contribution is -2.24. The summed E-state index contributed by atoms with van der Waals surface area (Å²) in [6.45, 7) is 2.53. The van der Waals surface area contributed by atoms with Crippen molar-refractivity contribution in [3.8, 4) is 17.1 Å². The van der Waals surface area contributed by atoms with Crippen LogP contribution in [0.2, 0.25) is 0 Å². The molecule has 3 rings (SSSR count). The summed E-state index contributed by atoms with van der Waals surface area (Å²) in [5.41, 5.74) is 2.06. The van der Waals surface area contributed by atoms with Crippen LogP contribution in [0.15, 0.2) is 53.1 Å². The van der Waals surface area contributed by atoms with Gasteiger partial charge in [0.05, 0.1) is 6.61 Å². The molecule has 156 valence electrons. The van der Waals surface area contributed by atoms with Gasteiger partial charge < -0.3 is 25.2 Å². The number of anilines is 2. The molecule has 0 atom stereocenters. The Morgan fingerprint density at radius 2 is 1.67 bits per heavy atom. The largest absolute Gasteiger partial charge is 0.494 e. The Bertz CT molecular complexity index is 983. The van der Waals surface area contributed by atoms with Crippen molar-refractivity contribution < 1.29 is 18.8 Å². The second-order valence-electron chi connectivity index (χ2n) is 6.30. The Balaban J connectivity index is 1.50. The lowest BCUT2D eigenvalue weighted by Gasteiger charge is -2.07. The topological polar surface area (TPSA) is 118 Å². The minimum atomic E-state index is -0.309. The highest BCUT2D eigenvalue weighted by Gasteiger charge is 2.11. The first-order chi connectivity index (χ1) is 14.6. The smallest absolute Gasteiger partial charge is 0.318 e. The normalized spacial score (nSPS) is 10.3. The number of amides is 3. The molecule has 0 aliphatic heterocycles. The summed E-state index contributed by atoms with van der Waals surface area (Å²) in [4.78, 5) is 27.8. The number of carbonyl (C=O) groups is 2. The van der Waals surface area contributed by atoms with Crippen LogP contribution in [0.5, 0.6) is 5.75 Å². The number of ether oxygens (including phenoxy) is 1. The average molecular weight is 409 g/mol. The van der Waals surface area contributed by atoms with Crippen molar-refractivity contribution in [1.29, 1.82) is 0 Å². The van der Waals surface area contributed by atoms with E-state index in [2.05, 4.69) is 26.1 Å². The predicted octanol–water partition coefficient (Wildman–Crippen LogP) is 3.46. The molecule has 0 aliphatic rings. The molecule has 1 aromatic heterocycles. The monoisotopic (exact) mass is 409 g/mol. The van der Waals surface area contributed by atoms with Gasteiger partial charge in [-0.3, -0.25) is 4.79 Å². The van der Waals surface area contributed by atoms with Gasteiger partial charge in [0.25, 0.3) is 0 Å². The third kappa shape index (κ3) is 5.81. The highest BCUT2D eigenvalue weighted by atomic mass is 16.5. The van der Waals surface area contributed by atoms with E-state index in [1.54, 1.807) is 24.3 Å². The van der Waals surface area contributed by atoms with E-state index in [1.165, 1.54) is 7.05 Å². The number of aryl methyl sites for hydroxylation is 1. The van der Waals surface area contributed by atoms with Gasteiger partial charge in [0, 0.05) is 36.8 Å². The van der Waals surface area contributed by atoms with Gasteiger partial charge in [-0.15, -0.1) is 0 Å². The second-order valence-corrected chi connectivity index (χ2v) is 6.30. The molecule has 0 bridgehead atoms. The van der Waals surface area contributed by atoms with Crippen molar-refractivity contribution in [3.63, 3.8) is 0 Å². The van der Waals surface area contributed by atoms with Crippen LogP contribution in [0.3, 0.4) is 0 Å². The quantitative estimate of drug-likeness (QED) is 0.524. The third-order valence-corrected chi connectivity index (χ3v) is 4.11. The van der Waals surface area contributed by atoms with Gasteiger partial charge in [0.2, 0.25) is 17.6 Å². The Morgan fingerprint density at radius 1 is 1.00 bits per heavy atom. The van der Waals surface area contributed by atoms with E-state index in [4.69, 9.17) is 9.26 Å². The summed E-state index contributed by atoms with van der Waals surface area (Å²) in [5.74, 6) is 1.45. The summed E-state index contributed by atoms with van der Waals surface area (Å²) in [5, 5.41) is 11.9. The Labute approximate surface area is 173 Å². The zero-order chi connectivity index (χ0) is 21.3. The molecular weight excluding hydrogens is 386 g/mol. The number of aromatic nitrogens is 2. The van der Waals surface area contributed by atoms with Crippen LogP contribution in [0.25, 0.3) is 11.4 Å². The lowest BCUT2D eigenvalue weighted by atomic mass is 10.2. The van der Waals surface area contributed by atoms with Gasteiger partial charge in [-0.05, 0) is 55.5 Å². The summed E-state index contributed by atoms with van der Waals surface area (Å²) in [6, 6.07) is 13.9. The first-order valence-corrected chi connectivity index (χ1v) is 9.52. The Kier molecular flexibility index (Phi) is 6.99. The SMILES string of the molecule is CCOc1ccc(-c2noc(CCC(=O)Nc3ccc(NC(=O)NC)cc3)n2)cc1. The van der Waals surface area contributed by atoms with Gasteiger partial charge in [-0.25, -0.2) is 4.79 Å². The molecule has 0 unspecified atom stereocenters. The number of carbonyl (C=O) groups excluding carboxylic acids is 2. The van der Waals surface area contributed by atoms with Gasteiger partial charge in [0.1, 0.15) is 5.75 Å². The first kappa shape index (κ1) is 20.8. The van der Waals surface area contributed by atoms with Gasteiger partial charge in [-0.1, -0.05) is 5.16 Å². The fourth-order valence-corrected chi connectivity index (χ4v) is 2.62. The van der Waals surface area contributed by atoms with Crippen molar-refractivity contribution in [3.05, 3.63) is 54.4 Å². The standard InChI is InChI=1S/C21H23N5O4/c1-3-29-17-10-4-14(5-11-17)20-25-19(30-26-20)13-12-18(27)23-15-6-8-16(9-7-15)24-21(28)22-2/h4-11H,3,12-13H2,1-2H3,(H,23,27)(H2,22,24,28). The molecule has 30 heavy (non-hydrogen) atoms. The van der Waals surface area contributed by atoms with Crippen molar-refractivity contribution in [2.45, 2.75) is 19.8 Å². The molecule has 0 spiro atoms. The predicted molar refractivity (Wildman–Crippen MR) is 112 cm³/mol. The number of hydrogen-bond acceptors (Lipinski definition) is 6. The Morgan fingerprint density at radius 3 is 2.30 bits per heavy atom. The van der Waals surface area contributed by atoms with Crippen molar-refractivity contribution in [2.24, 2.45) is 0 Å². The summed E-state index contributed by atoms with van der Waals surface area (Å²) >= 11 is 0. The van der Waals surface area contributed by atoms with E-state index in [-0.39, 0.29) is 18.4 Å². The summed E-state index contributed by atoms with van der Waals surface area (Å²) in [6.07, 6.45) is 0.523. The minimum absolute atomic E-state index is 0.178. The van der Waals surface area contributed by atoms with E-state index < -0.39 is 0 Å². The molecule has 0 saturated heterocycles. The zero-order valence-electron chi connectivity index (χ0n) is 16.8. The molecular formula is C21H23N5O4. The molecule has 0 saturated carbocycles. The molecule has 1 heterocycles. The summed E-state index contributed by atoms with van der Waals surface area (Å²) < 4.78 is 10.7. The van der Waals surface area contributed by atoms with Crippen LogP contribution in [0, 0.1) is 0 Å². The van der Waals surface area contributed by atoms with E-state index in [9.17, 15) is 9.59 Å². The van der Waals surface area contributed by atoms with Crippen LogP contribution < -0.4 is 20.7 Å². The number of nitrogens with one attached hydrogen (secondary N) is 3. The van der Waals surface area contributed by atoms with Gasteiger partial charge in [-0.2, -0.15) is 4.98 Å². The van der Waals surface area contributed by atoms with Crippen LogP contribution in [0.1, 0.15) is 19.2 Å². The van der Waals surface area contributed by atoms with Crippen LogP contribution >= 0.6 is 0 Å². The maximum absolute atomic E-state index is 12.2. The van der Waals surface area contributed by atoms with E-state index in [1.807, 2.05) is 31.2 Å². The number of hydrogen-bond donors (Lipinski definition) is 3. The van der Waals surface area contributed by atoms with Crippen LogP contribution in [-0.4, -0.2) is 35.7 Å². The number of benzene rings is 2. The molecule has 0 aliphatic carbocycles. The highest BCUT2D eigenvalue weighted by Crippen LogP contribution is 2.20. The molecule has 9 nitrogen and oxygen atoms in total. The highest BCUT2D eigenvalue weighted by molar-refractivity contribution is 5.92. The minimum Gasteiger partial charge on any atom is -0.494 e. The van der Waals surface area contributed by atoms with E-state index >= 15 is 0 Å². The molecule has 9 heteroatoms. The van der Waals surface area contributed by atoms with Crippen LogP contribution in [-0.2, 0) is 11.2 Å². The number of rotatable bonds is 8. The second kappa shape index (κ2) is 10.1. The maximum Gasteiger partial charge on any atom is 0.318 e. The summed E-state index contributed by atoms with van der Waals surface area (Å²) in [7, 11) is 1.54. The fraction of sp³-hybridized carbons (Fsp3) is 0.238. The number of urea groups is 1. The molecule has 3 aromatic rings. The molecule has 3 N–H and O–H groups in total. The zero-order valence-corrected chi connectivity index (χ0v) is 16.8. The molecule has 3 amide bonds. The van der Waals surface area contributed by atoms with Gasteiger partial charge >= 0.3 is 6.03 Å². The van der Waals surface area contributed by atoms with Crippen molar-refractivity contribution in [2.75, 3.05) is 24.3 Å². The Hall–Kier alpha value is -3.88. The van der Waals surface area contributed by atoms with Crippen molar-refractivity contribution in [1.82, 2.24) is 15.5 Å². The van der Waals surface area contributed by atoms with Crippen LogP contribution in [0.4, 0.5) is 16.2 Å². The first-order valence-electron chi connectivity index (χ1n) is 9.52. The van der Waals surface area contributed by atoms with Gasteiger partial charge in [0.15, 0.2) is 0 Å². The van der Waals surface area contributed by atoms with Crippen molar-refractivity contribution >= 4 is 23.3 Å². The fourth-order valence-electron chi connectivity index (χ4n) is 2.62. The van der Waals surface area contributed by atoms with E-state index in [0.717, 1.165) is 11.3 Å². The lowest BCUT2D eigenvalue weighted by molar-refractivity contribution is -0.116. The van der Waals surface area contributed by atoms with E-state index in [0.29, 0.717) is 36.1 Å². The molecule has 0 radical (unpaired) electrons. The average Bonchev–Trinajstić information content (AvgIpc) is 3.23. The number of nitrogens with zero attached hydrogens (tertiary/aromatic N) is 2.